The zero-order chi connectivity index (χ0) is 19.1. The summed E-state index contributed by atoms with van der Waals surface area (Å²) in [6.45, 7) is 6.21. The van der Waals surface area contributed by atoms with Gasteiger partial charge in [0, 0.05) is 42.4 Å². The van der Waals surface area contributed by atoms with Crippen molar-refractivity contribution in [1.82, 2.24) is 4.98 Å². The zero-order valence-electron chi connectivity index (χ0n) is 16.4. The number of benzene rings is 1. The second kappa shape index (κ2) is 9.40. The van der Waals surface area contributed by atoms with E-state index in [1.807, 2.05) is 36.4 Å². The maximum atomic E-state index is 12.6. The molecule has 2 aromatic rings. The van der Waals surface area contributed by atoms with Crippen LogP contribution in [0.2, 0.25) is 0 Å². The van der Waals surface area contributed by atoms with Gasteiger partial charge >= 0.3 is 0 Å². The van der Waals surface area contributed by atoms with Crippen molar-refractivity contribution in [2.45, 2.75) is 52.0 Å². The minimum atomic E-state index is -0.183. The normalized spacial score (nSPS) is 14.6. The van der Waals surface area contributed by atoms with Gasteiger partial charge < -0.3 is 15.5 Å². The molecule has 144 valence electrons. The summed E-state index contributed by atoms with van der Waals surface area (Å²) in [7, 11) is 0. The second-order valence-electron chi connectivity index (χ2n) is 7.08. The highest BCUT2D eigenvalue weighted by Gasteiger charge is 2.14. The molecule has 3 rings (SSSR count). The van der Waals surface area contributed by atoms with Crippen LogP contribution in [0.4, 0.5) is 17.1 Å². The number of hydrogen-bond acceptors (Lipinski definition) is 4. The third kappa shape index (κ3) is 5.22. The first kappa shape index (κ1) is 19.2. The molecule has 1 saturated carbocycles. The summed E-state index contributed by atoms with van der Waals surface area (Å²) in [6.07, 6.45) is 7.98. The molecule has 1 aromatic carbocycles. The standard InChI is InChI=1S/C22H30N4O/c1-3-26(4-2)20-12-10-18(11-13-20)25-22(27)21-16-19(14-15-23-21)24-17-8-6-5-7-9-17/h10-17H,3-9H2,1-2H3,(H,23,24)(H,25,27). The molecular weight excluding hydrogens is 336 g/mol. The summed E-state index contributed by atoms with van der Waals surface area (Å²) in [6, 6.07) is 12.2. The minimum Gasteiger partial charge on any atom is -0.382 e. The molecule has 1 aromatic heterocycles. The molecular formula is C22H30N4O. The Morgan fingerprint density at radius 3 is 2.41 bits per heavy atom. The van der Waals surface area contributed by atoms with Crippen LogP contribution in [0.3, 0.4) is 0 Å². The molecule has 0 unspecified atom stereocenters. The highest BCUT2D eigenvalue weighted by Crippen LogP contribution is 2.22. The van der Waals surface area contributed by atoms with Gasteiger partial charge in [0.25, 0.3) is 5.91 Å². The number of hydrogen-bond donors (Lipinski definition) is 2. The van der Waals surface area contributed by atoms with Crippen molar-refractivity contribution >= 4 is 23.0 Å². The van der Waals surface area contributed by atoms with Crippen LogP contribution in [0.5, 0.6) is 0 Å². The predicted octanol–water partition coefficient (Wildman–Crippen LogP) is 4.92. The predicted molar refractivity (Wildman–Crippen MR) is 113 cm³/mol. The van der Waals surface area contributed by atoms with Gasteiger partial charge in [-0.15, -0.1) is 0 Å². The van der Waals surface area contributed by atoms with Crippen LogP contribution < -0.4 is 15.5 Å². The van der Waals surface area contributed by atoms with Gasteiger partial charge in [0.05, 0.1) is 0 Å². The smallest absolute Gasteiger partial charge is 0.274 e. The lowest BCUT2D eigenvalue weighted by atomic mass is 9.95. The Morgan fingerprint density at radius 1 is 1.04 bits per heavy atom. The second-order valence-corrected chi connectivity index (χ2v) is 7.08. The Bertz CT molecular complexity index is 734. The molecule has 0 spiro atoms. The summed E-state index contributed by atoms with van der Waals surface area (Å²) >= 11 is 0. The van der Waals surface area contributed by atoms with Gasteiger partial charge in [-0.3, -0.25) is 9.78 Å². The molecule has 27 heavy (non-hydrogen) atoms. The summed E-state index contributed by atoms with van der Waals surface area (Å²) < 4.78 is 0. The highest BCUT2D eigenvalue weighted by atomic mass is 16.1. The Balaban J connectivity index is 1.62. The largest absolute Gasteiger partial charge is 0.382 e. The Morgan fingerprint density at radius 2 is 1.74 bits per heavy atom. The number of anilines is 3. The van der Waals surface area contributed by atoms with Crippen molar-refractivity contribution in [2.24, 2.45) is 0 Å². The third-order valence-electron chi connectivity index (χ3n) is 5.22. The van der Waals surface area contributed by atoms with E-state index in [0.29, 0.717) is 11.7 Å². The third-order valence-corrected chi connectivity index (χ3v) is 5.22. The first-order valence-corrected chi connectivity index (χ1v) is 10.1. The van der Waals surface area contributed by atoms with Gasteiger partial charge in [-0.05, 0) is 63.1 Å². The zero-order valence-corrected chi connectivity index (χ0v) is 16.4. The van der Waals surface area contributed by atoms with Crippen LogP contribution >= 0.6 is 0 Å². The molecule has 2 N–H and O–H groups in total. The van der Waals surface area contributed by atoms with Crippen molar-refractivity contribution in [3.63, 3.8) is 0 Å². The van der Waals surface area contributed by atoms with Gasteiger partial charge in [-0.2, -0.15) is 0 Å². The van der Waals surface area contributed by atoms with Crippen LogP contribution in [0.15, 0.2) is 42.6 Å². The van der Waals surface area contributed by atoms with Gasteiger partial charge in [0.1, 0.15) is 5.69 Å². The fourth-order valence-electron chi connectivity index (χ4n) is 3.67. The summed E-state index contributed by atoms with van der Waals surface area (Å²) in [5.41, 5.74) is 3.35. The molecule has 0 atom stereocenters. The van der Waals surface area contributed by atoms with Gasteiger partial charge in [-0.25, -0.2) is 0 Å². The van der Waals surface area contributed by atoms with E-state index in [1.165, 1.54) is 32.1 Å². The quantitative estimate of drug-likeness (QED) is 0.730. The van der Waals surface area contributed by atoms with Crippen molar-refractivity contribution in [3.8, 4) is 0 Å². The lowest BCUT2D eigenvalue weighted by Gasteiger charge is -2.23. The molecule has 1 heterocycles. The van der Waals surface area contributed by atoms with E-state index in [1.54, 1.807) is 6.20 Å². The topological polar surface area (TPSA) is 57.3 Å². The lowest BCUT2D eigenvalue weighted by molar-refractivity contribution is 0.102. The molecule has 5 heteroatoms. The summed E-state index contributed by atoms with van der Waals surface area (Å²) in [4.78, 5) is 19.1. The fourth-order valence-corrected chi connectivity index (χ4v) is 3.67. The molecule has 0 radical (unpaired) electrons. The fraction of sp³-hybridized carbons (Fsp3) is 0.455. The molecule has 1 aliphatic carbocycles. The first-order chi connectivity index (χ1) is 13.2. The summed E-state index contributed by atoms with van der Waals surface area (Å²) in [5, 5.41) is 6.49. The van der Waals surface area contributed by atoms with Crippen LogP contribution in [-0.4, -0.2) is 30.0 Å². The van der Waals surface area contributed by atoms with Gasteiger partial charge in [0.15, 0.2) is 0 Å². The molecule has 0 saturated heterocycles. The lowest BCUT2D eigenvalue weighted by Crippen LogP contribution is -2.22. The SMILES string of the molecule is CCN(CC)c1ccc(NC(=O)c2cc(NC3CCCCC3)ccn2)cc1. The Kier molecular flexibility index (Phi) is 6.69. The molecule has 5 nitrogen and oxygen atoms in total. The number of nitrogens with one attached hydrogen (secondary N) is 2. The molecule has 1 aliphatic rings. The first-order valence-electron chi connectivity index (χ1n) is 10.1. The summed E-state index contributed by atoms with van der Waals surface area (Å²) in [5.74, 6) is -0.183. The van der Waals surface area contributed by atoms with Crippen molar-refractivity contribution in [1.29, 1.82) is 0 Å². The van der Waals surface area contributed by atoms with Crippen molar-refractivity contribution in [3.05, 3.63) is 48.3 Å². The average Bonchev–Trinajstić information content (AvgIpc) is 2.71. The van der Waals surface area contributed by atoms with Gasteiger partial charge in [-0.1, -0.05) is 19.3 Å². The van der Waals surface area contributed by atoms with Gasteiger partial charge in [0.2, 0.25) is 0 Å². The Labute approximate surface area is 162 Å². The maximum absolute atomic E-state index is 12.6. The van der Waals surface area contributed by atoms with E-state index in [-0.39, 0.29) is 5.91 Å². The molecule has 0 aliphatic heterocycles. The minimum absolute atomic E-state index is 0.183. The molecule has 1 amide bonds. The van der Waals surface area contributed by atoms with Crippen LogP contribution in [0, 0.1) is 0 Å². The van der Waals surface area contributed by atoms with Crippen LogP contribution in [0.1, 0.15) is 56.4 Å². The van der Waals surface area contributed by atoms with E-state index in [0.717, 1.165) is 30.2 Å². The van der Waals surface area contributed by atoms with Crippen LogP contribution in [0.25, 0.3) is 0 Å². The Hall–Kier alpha value is -2.56. The monoisotopic (exact) mass is 366 g/mol. The highest BCUT2D eigenvalue weighted by molar-refractivity contribution is 6.03. The number of pyridine rings is 1. The van der Waals surface area contributed by atoms with E-state index in [9.17, 15) is 4.79 Å². The van der Waals surface area contributed by atoms with Crippen molar-refractivity contribution < 1.29 is 4.79 Å². The maximum Gasteiger partial charge on any atom is 0.274 e. The van der Waals surface area contributed by atoms with Crippen molar-refractivity contribution in [2.75, 3.05) is 28.6 Å². The average molecular weight is 367 g/mol. The number of amides is 1. The van der Waals surface area contributed by atoms with E-state index >= 15 is 0 Å². The molecule has 0 bridgehead atoms. The number of nitrogens with zero attached hydrogens (tertiary/aromatic N) is 2. The van der Waals surface area contributed by atoms with E-state index in [2.05, 4.69) is 34.4 Å². The number of aromatic nitrogens is 1. The van der Waals surface area contributed by atoms with E-state index in [4.69, 9.17) is 0 Å². The molecule has 1 fully saturated rings. The number of carbonyl (C=O) groups excluding carboxylic acids is 1. The number of carbonyl (C=O) groups is 1. The number of rotatable bonds is 7. The van der Waals surface area contributed by atoms with Crippen LogP contribution in [-0.2, 0) is 0 Å². The van der Waals surface area contributed by atoms with E-state index < -0.39 is 0 Å².